The minimum Gasteiger partial charge on any atom is -0.211 e. The second kappa shape index (κ2) is 4.87. The summed E-state index contributed by atoms with van der Waals surface area (Å²) in [4.78, 5) is 39.3. The van der Waals surface area contributed by atoms with Crippen molar-refractivity contribution in [2.45, 2.75) is 5.79 Å². The van der Waals surface area contributed by atoms with E-state index in [4.69, 9.17) is 0 Å². The number of rotatable bonds is 4. The van der Waals surface area contributed by atoms with E-state index < -0.39 is 5.79 Å². The van der Waals surface area contributed by atoms with Gasteiger partial charge in [-0.05, 0) is 5.20 Å². The lowest BCUT2D eigenvalue weighted by atomic mass is 10.3. The van der Waals surface area contributed by atoms with Crippen molar-refractivity contribution in [3.05, 3.63) is 11.8 Å². The van der Waals surface area contributed by atoms with Crippen molar-refractivity contribution >= 4 is 28.5 Å². The summed E-state index contributed by atoms with van der Waals surface area (Å²) in [5.41, 5.74) is 0. The summed E-state index contributed by atoms with van der Waals surface area (Å²) in [6.07, 6.45) is 3.45. The van der Waals surface area contributed by atoms with E-state index in [2.05, 4.69) is 21.6 Å². The van der Waals surface area contributed by atoms with Crippen molar-refractivity contribution in [2.75, 3.05) is 0 Å². The van der Waals surface area contributed by atoms with Crippen LogP contribution in [0.15, 0.2) is 26.8 Å². The Morgan fingerprint density at radius 2 is 1.38 bits per heavy atom. The first kappa shape index (κ1) is 11.1. The second-order valence-corrected chi connectivity index (χ2v) is 3.23. The van der Waals surface area contributed by atoms with E-state index >= 15 is 0 Å². The Morgan fingerprint density at radius 3 is 1.54 bits per heavy atom. The van der Waals surface area contributed by atoms with Crippen LogP contribution in [0, 0.1) is 0 Å². The van der Waals surface area contributed by atoms with Gasteiger partial charge in [0.15, 0.2) is 0 Å². The summed E-state index contributed by atoms with van der Waals surface area (Å²) in [6, 6.07) is 0. The number of nitrogens with zero attached hydrogens (tertiary/aromatic N) is 3. The third-order valence-electron chi connectivity index (χ3n) is 1.18. The molecule has 0 aliphatic heterocycles. The molecule has 66 valence electrons. The molecule has 0 aromatic carbocycles. The molecular weight excluding hydrogens is 190 g/mol. The van der Waals surface area contributed by atoms with Crippen LogP contribution in [0.1, 0.15) is 0 Å². The SMILES string of the molecule is C=C([SiH3])C(N=C=O)(N=C=O)N=C=O. The van der Waals surface area contributed by atoms with Crippen LogP contribution in [-0.2, 0) is 14.4 Å². The first-order chi connectivity index (χ1) is 6.13. The van der Waals surface area contributed by atoms with Gasteiger partial charge in [0.05, 0.1) is 0 Å². The number of aliphatic imine (C=N–C) groups is 3. The Kier molecular flexibility index (Phi) is 4.16. The Morgan fingerprint density at radius 1 is 1.08 bits per heavy atom. The Labute approximate surface area is 76.2 Å². The number of isocyanates is 3. The maximum absolute atomic E-state index is 9.98. The standard InChI is InChI=1S/C6H5N3O3Si/c1-5(13)6(7-2-10,8-3-11)9-4-12/h1H2,13H3. The van der Waals surface area contributed by atoms with Gasteiger partial charge >= 0.3 is 0 Å². The third-order valence-corrected chi connectivity index (χ3v) is 1.85. The predicted molar refractivity (Wildman–Crippen MR) is 46.2 cm³/mol. The Balaban J connectivity index is 5.54. The largest absolute Gasteiger partial charge is 0.294 e. The van der Waals surface area contributed by atoms with E-state index in [0.717, 1.165) is 18.2 Å². The molecule has 0 aromatic rings. The molecule has 0 aromatic heterocycles. The highest BCUT2D eigenvalue weighted by Gasteiger charge is 2.29. The van der Waals surface area contributed by atoms with Crippen LogP contribution in [0.2, 0.25) is 0 Å². The van der Waals surface area contributed by atoms with Gasteiger partial charge in [0.2, 0.25) is 18.2 Å². The maximum Gasteiger partial charge on any atom is 0.294 e. The van der Waals surface area contributed by atoms with Crippen LogP contribution in [0.5, 0.6) is 0 Å². The highest BCUT2D eigenvalue weighted by Crippen LogP contribution is 2.19. The van der Waals surface area contributed by atoms with Gasteiger partial charge in [-0.1, -0.05) is 6.58 Å². The molecule has 0 spiro atoms. The molecule has 0 aliphatic rings. The lowest BCUT2D eigenvalue weighted by molar-refractivity contribution is 0.510. The highest BCUT2D eigenvalue weighted by atomic mass is 28.1. The lowest BCUT2D eigenvalue weighted by Crippen LogP contribution is -2.23. The zero-order valence-corrected chi connectivity index (χ0v) is 8.77. The Bertz CT molecular complexity index is 308. The molecule has 0 aliphatic carbocycles. The molecule has 0 saturated carbocycles. The van der Waals surface area contributed by atoms with Gasteiger partial charge in [0, 0.05) is 10.2 Å². The van der Waals surface area contributed by atoms with Crippen molar-refractivity contribution < 1.29 is 14.4 Å². The van der Waals surface area contributed by atoms with E-state index in [1.54, 1.807) is 0 Å². The molecule has 0 fully saturated rings. The van der Waals surface area contributed by atoms with Gasteiger partial charge in [0.1, 0.15) is 0 Å². The van der Waals surface area contributed by atoms with Crippen molar-refractivity contribution in [1.82, 2.24) is 0 Å². The minimum atomic E-state index is -1.88. The maximum atomic E-state index is 9.98. The van der Waals surface area contributed by atoms with Crippen molar-refractivity contribution in [2.24, 2.45) is 15.0 Å². The zero-order chi connectivity index (χ0) is 10.3. The van der Waals surface area contributed by atoms with Gasteiger partial charge in [-0.25, -0.2) is 14.4 Å². The monoisotopic (exact) mass is 195 g/mol. The van der Waals surface area contributed by atoms with Crippen LogP contribution >= 0.6 is 0 Å². The molecule has 0 atom stereocenters. The van der Waals surface area contributed by atoms with Gasteiger partial charge in [-0.2, -0.15) is 0 Å². The lowest BCUT2D eigenvalue weighted by Gasteiger charge is -2.13. The fraction of sp³-hybridized carbons (Fsp3) is 0.167. The summed E-state index contributed by atoms with van der Waals surface area (Å²) < 4.78 is 0. The summed E-state index contributed by atoms with van der Waals surface area (Å²) in [5, 5.41) is 0.252. The first-order valence-corrected chi connectivity index (χ1v) is 4.06. The summed E-state index contributed by atoms with van der Waals surface area (Å²) in [7, 11) is 0.356. The minimum absolute atomic E-state index is 0.252. The fourth-order valence-corrected chi connectivity index (χ4v) is 0.888. The molecule has 0 amide bonds. The van der Waals surface area contributed by atoms with Gasteiger partial charge in [0.25, 0.3) is 5.79 Å². The number of carbonyl (C=O) groups excluding carboxylic acids is 3. The quantitative estimate of drug-likeness (QED) is 0.311. The van der Waals surface area contributed by atoms with Crippen molar-refractivity contribution in [1.29, 1.82) is 0 Å². The first-order valence-electron chi connectivity index (χ1n) is 3.06. The Hall–Kier alpha value is -1.90. The van der Waals surface area contributed by atoms with E-state index in [1.165, 1.54) is 0 Å². The molecule has 0 heterocycles. The van der Waals surface area contributed by atoms with Gasteiger partial charge in [-0.3, -0.25) is 0 Å². The van der Waals surface area contributed by atoms with Crippen LogP contribution in [0.3, 0.4) is 0 Å². The van der Waals surface area contributed by atoms with Crippen LogP contribution in [0.4, 0.5) is 0 Å². The molecule has 0 bridgehead atoms. The summed E-state index contributed by atoms with van der Waals surface area (Å²) >= 11 is 0. The highest BCUT2D eigenvalue weighted by molar-refractivity contribution is 6.22. The average molecular weight is 195 g/mol. The van der Waals surface area contributed by atoms with E-state index in [-0.39, 0.29) is 5.20 Å². The van der Waals surface area contributed by atoms with E-state index in [1.807, 2.05) is 0 Å². The second-order valence-electron chi connectivity index (χ2n) is 2.03. The molecule has 0 rings (SSSR count). The topological polar surface area (TPSA) is 88.3 Å². The van der Waals surface area contributed by atoms with Gasteiger partial charge < -0.3 is 0 Å². The van der Waals surface area contributed by atoms with Crippen LogP contribution in [0.25, 0.3) is 0 Å². The normalized spacial score (nSPS) is 12.6. The predicted octanol–water partition coefficient (Wildman–Crippen LogP) is -1.47. The molecule has 13 heavy (non-hydrogen) atoms. The smallest absolute Gasteiger partial charge is 0.211 e. The zero-order valence-electron chi connectivity index (χ0n) is 6.77. The molecule has 0 N–H and O–H groups in total. The van der Waals surface area contributed by atoms with Crippen LogP contribution < -0.4 is 0 Å². The van der Waals surface area contributed by atoms with Gasteiger partial charge in [-0.15, -0.1) is 15.0 Å². The average Bonchev–Trinajstić information content (AvgIpc) is 2.05. The molecule has 0 radical (unpaired) electrons. The molecule has 0 unspecified atom stereocenters. The molecule has 7 heteroatoms. The number of hydrogen-bond acceptors (Lipinski definition) is 6. The number of hydrogen-bond donors (Lipinski definition) is 0. The summed E-state index contributed by atoms with van der Waals surface area (Å²) in [6.45, 7) is 3.43. The third kappa shape index (κ3) is 2.55. The van der Waals surface area contributed by atoms with E-state index in [0.29, 0.717) is 10.2 Å². The summed E-state index contributed by atoms with van der Waals surface area (Å²) in [5.74, 6) is -1.88. The molecular formula is C6H5N3O3Si. The van der Waals surface area contributed by atoms with Crippen molar-refractivity contribution in [3.63, 3.8) is 0 Å². The molecule has 6 nitrogen and oxygen atoms in total. The van der Waals surface area contributed by atoms with Crippen LogP contribution in [-0.4, -0.2) is 34.3 Å². The van der Waals surface area contributed by atoms with Crippen molar-refractivity contribution in [3.8, 4) is 0 Å². The van der Waals surface area contributed by atoms with E-state index in [9.17, 15) is 14.4 Å². The fourth-order valence-electron chi connectivity index (χ4n) is 0.552. The molecule has 0 saturated heterocycles.